The maximum atomic E-state index is 12.0. The molecule has 8 heteroatoms. The lowest BCUT2D eigenvalue weighted by Gasteiger charge is -2.05. The predicted molar refractivity (Wildman–Crippen MR) is 70.6 cm³/mol. The third-order valence-corrected chi connectivity index (χ3v) is 4.04. The van der Waals surface area contributed by atoms with E-state index in [4.69, 9.17) is 5.11 Å². The number of nitrogens with one attached hydrogen (secondary N) is 1. The van der Waals surface area contributed by atoms with E-state index in [0.717, 1.165) is 0 Å². The highest BCUT2D eigenvalue weighted by Gasteiger charge is 2.15. The van der Waals surface area contributed by atoms with Crippen LogP contribution in [0.3, 0.4) is 0 Å². The number of hydrogen-bond donors (Lipinski definition) is 2. The molecule has 2 rings (SSSR count). The lowest BCUT2D eigenvalue weighted by molar-refractivity contribution is 0.0696. The van der Waals surface area contributed by atoms with Gasteiger partial charge in [-0.3, -0.25) is 4.68 Å². The van der Waals surface area contributed by atoms with Crippen molar-refractivity contribution in [2.45, 2.75) is 11.4 Å². The molecule has 1 aromatic heterocycles. The molecule has 0 radical (unpaired) electrons. The molecular formula is C12H13N3O4S. The highest BCUT2D eigenvalue weighted by atomic mass is 32.2. The first-order valence-electron chi connectivity index (χ1n) is 5.70. The summed E-state index contributed by atoms with van der Waals surface area (Å²) in [6.45, 7) is 0.0733. The molecule has 2 aromatic rings. The normalized spacial score (nSPS) is 11.4. The predicted octanol–water partition coefficient (Wildman–Crippen LogP) is 0.597. The third-order valence-electron chi connectivity index (χ3n) is 2.62. The van der Waals surface area contributed by atoms with E-state index in [1.807, 2.05) is 0 Å². The number of nitrogens with zero attached hydrogens (tertiary/aromatic N) is 2. The lowest BCUT2D eigenvalue weighted by Crippen LogP contribution is -2.23. The Bertz CT molecular complexity index is 719. The molecule has 106 valence electrons. The third kappa shape index (κ3) is 3.22. The maximum absolute atomic E-state index is 12.0. The minimum Gasteiger partial charge on any atom is -0.478 e. The van der Waals surface area contributed by atoms with Gasteiger partial charge >= 0.3 is 5.97 Å². The van der Waals surface area contributed by atoms with Crippen molar-refractivity contribution in [3.8, 4) is 0 Å². The molecular weight excluding hydrogens is 282 g/mol. The number of sulfonamides is 1. The minimum atomic E-state index is -3.68. The summed E-state index contributed by atoms with van der Waals surface area (Å²) in [6, 6.07) is 6.71. The summed E-state index contributed by atoms with van der Waals surface area (Å²) < 4.78 is 28.0. The van der Waals surface area contributed by atoms with Crippen molar-refractivity contribution in [1.29, 1.82) is 0 Å². The zero-order valence-corrected chi connectivity index (χ0v) is 11.5. The zero-order chi connectivity index (χ0) is 14.8. The summed E-state index contributed by atoms with van der Waals surface area (Å²) in [5.41, 5.74) is 0.631. The molecule has 0 spiro atoms. The van der Waals surface area contributed by atoms with Crippen molar-refractivity contribution in [3.63, 3.8) is 0 Å². The van der Waals surface area contributed by atoms with E-state index in [0.29, 0.717) is 5.69 Å². The topological polar surface area (TPSA) is 101 Å². The van der Waals surface area contributed by atoms with Crippen LogP contribution in [-0.4, -0.2) is 29.3 Å². The van der Waals surface area contributed by atoms with Gasteiger partial charge in [-0.1, -0.05) is 0 Å². The second-order valence-electron chi connectivity index (χ2n) is 4.13. The van der Waals surface area contributed by atoms with Crippen LogP contribution in [-0.2, 0) is 23.6 Å². The lowest BCUT2D eigenvalue weighted by atomic mass is 10.2. The summed E-state index contributed by atoms with van der Waals surface area (Å²) in [6.07, 6.45) is 1.71. The largest absolute Gasteiger partial charge is 0.478 e. The van der Waals surface area contributed by atoms with E-state index in [1.54, 1.807) is 24.0 Å². The van der Waals surface area contributed by atoms with E-state index >= 15 is 0 Å². The molecule has 1 aromatic carbocycles. The molecule has 0 atom stereocenters. The van der Waals surface area contributed by atoms with Gasteiger partial charge in [-0.25, -0.2) is 17.9 Å². The fourth-order valence-electron chi connectivity index (χ4n) is 1.59. The fraction of sp³-hybridized carbons (Fsp3) is 0.167. The van der Waals surface area contributed by atoms with Crippen molar-refractivity contribution >= 4 is 16.0 Å². The Labute approximate surface area is 115 Å². The molecule has 0 amide bonds. The molecule has 0 saturated carbocycles. The van der Waals surface area contributed by atoms with Crippen LogP contribution < -0.4 is 4.72 Å². The molecule has 0 aliphatic heterocycles. The van der Waals surface area contributed by atoms with Gasteiger partial charge in [0.05, 0.1) is 22.7 Å². The van der Waals surface area contributed by atoms with Gasteiger partial charge in [0.15, 0.2) is 0 Å². The van der Waals surface area contributed by atoms with Crippen LogP contribution in [0.15, 0.2) is 41.4 Å². The number of carboxylic acids is 1. The van der Waals surface area contributed by atoms with Gasteiger partial charge in [-0.15, -0.1) is 0 Å². The summed E-state index contributed by atoms with van der Waals surface area (Å²) in [5, 5.41) is 12.8. The van der Waals surface area contributed by atoms with Gasteiger partial charge in [0.25, 0.3) is 0 Å². The number of carbonyl (C=O) groups is 1. The van der Waals surface area contributed by atoms with E-state index in [2.05, 4.69) is 9.82 Å². The Morgan fingerprint density at radius 2 is 1.95 bits per heavy atom. The van der Waals surface area contributed by atoms with Crippen molar-refractivity contribution in [2.75, 3.05) is 0 Å². The fourth-order valence-corrected chi connectivity index (χ4v) is 2.59. The first-order valence-corrected chi connectivity index (χ1v) is 7.18. The van der Waals surface area contributed by atoms with E-state index in [9.17, 15) is 13.2 Å². The molecule has 0 bridgehead atoms. The molecule has 1 heterocycles. The monoisotopic (exact) mass is 295 g/mol. The first-order chi connectivity index (χ1) is 9.38. The van der Waals surface area contributed by atoms with Gasteiger partial charge in [-0.05, 0) is 30.3 Å². The minimum absolute atomic E-state index is 0.0124. The van der Waals surface area contributed by atoms with Crippen LogP contribution in [0.1, 0.15) is 16.1 Å². The van der Waals surface area contributed by atoms with Crippen LogP contribution in [0, 0.1) is 0 Å². The number of benzene rings is 1. The Morgan fingerprint density at radius 3 is 2.45 bits per heavy atom. The van der Waals surface area contributed by atoms with Crippen molar-refractivity contribution in [3.05, 3.63) is 47.8 Å². The number of carboxylic acid groups (broad SMARTS) is 1. The summed E-state index contributed by atoms with van der Waals surface area (Å²) >= 11 is 0. The number of aryl methyl sites for hydroxylation is 1. The molecule has 0 saturated heterocycles. The van der Waals surface area contributed by atoms with E-state index in [1.165, 1.54) is 24.3 Å². The maximum Gasteiger partial charge on any atom is 0.335 e. The molecule has 2 N–H and O–H groups in total. The van der Waals surface area contributed by atoms with Crippen molar-refractivity contribution in [2.24, 2.45) is 7.05 Å². The second kappa shape index (κ2) is 5.43. The molecule has 0 unspecified atom stereocenters. The Hall–Kier alpha value is -2.19. The van der Waals surface area contributed by atoms with Gasteiger partial charge < -0.3 is 5.11 Å². The first kappa shape index (κ1) is 14.2. The van der Waals surface area contributed by atoms with E-state index in [-0.39, 0.29) is 17.0 Å². The highest BCUT2D eigenvalue weighted by Crippen LogP contribution is 2.11. The standard InChI is InChI=1S/C12H13N3O4S/c1-15-7-6-10(14-15)8-13-20(18,19)11-4-2-9(3-5-11)12(16)17/h2-7,13H,8H2,1H3,(H,16,17). The van der Waals surface area contributed by atoms with Gasteiger partial charge in [0.2, 0.25) is 10.0 Å². The van der Waals surface area contributed by atoms with Crippen LogP contribution in [0.25, 0.3) is 0 Å². The average Bonchev–Trinajstić information content (AvgIpc) is 2.82. The molecule has 7 nitrogen and oxygen atoms in total. The summed E-state index contributed by atoms with van der Waals surface area (Å²) in [5.74, 6) is -1.10. The SMILES string of the molecule is Cn1ccc(CNS(=O)(=O)c2ccc(C(=O)O)cc2)n1. The van der Waals surface area contributed by atoms with Crippen LogP contribution in [0.5, 0.6) is 0 Å². The Morgan fingerprint density at radius 1 is 1.30 bits per heavy atom. The van der Waals surface area contributed by atoms with Crippen molar-refractivity contribution in [1.82, 2.24) is 14.5 Å². The number of hydrogen-bond acceptors (Lipinski definition) is 4. The van der Waals surface area contributed by atoms with Crippen molar-refractivity contribution < 1.29 is 18.3 Å². The Balaban J connectivity index is 2.11. The molecule has 0 aliphatic rings. The number of aromatic carboxylic acids is 1. The average molecular weight is 295 g/mol. The van der Waals surface area contributed by atoms with Crippen LogP contribution in [0.4, 0.5) is 0 Å². The highest BCUT2D eigenvalue weighted by molar-refractivity contribution is 7.89. The number of aromatic nitrogens is 2. The smallest absolute Gasteiger partial charge is 0.335 e. The quantitative estimate of drug-likeness (QED) is 0.841. The summed E-state index contributed by atoms with van der Waals surface area (Å²) in [4.78, 5) is 10.7. The second-order valence-corrected chi connectivity index (χ2v) is 5.90. The summed E-state index contributed by atoms with van der Waals surface area (Å²) in [7, 11) is -1.95. The Kier molecular flexibility index (Phi) is 3.86. The molecule has 0 fully saturated rings. The van der Waals surface area contributed by atoms with E-state index < -0.39 is 16.0 Å². The number of rotatable bonds is 5. The zero-order valence-electron chi connectivity index (χ0n) is 10.6. The van der Waals surface area contributed by atoms with Gasteiger partial charge in [-0.2, -0.15) is 5.10 Å². The van der Waals surface area contributed by atoms with Gasteiger partial charge in [0, 0.05) is 13.2 Å². The van der Waals surface area contributed by atoms with Gasteiger partial charge in [0.1, 0.15) is 0 Å². The van der Waals surface area contributed by atoms with Crippen LogP contribution in [0.2, 0.25) is 0 Å². The van der Waals surface area contributed by atoms with Crippen LogP contribution >= 0.6 is 0 Å². The molecule has 20 heavy (non-hydrogen) atoms. The molecule has 0 aliphatic carbocycles.